The Kier molecular flexibility index (Phi) is 2.93. The van der Waals surface area contributed by atoms with Crippen molar-refractivity contribution in [3.8, 4) is 0 Å². The van der Waals surface area contributed by atoms with Crippen LogP contribution in [-0.2, 0) is 6.18 Å². The van der Waals surface area contributed by atoms with Gasteiger partial charge in [-0.3, -0.25) is 0 Å². The Morgan fingerprint density at radius 3 is 2.61 bits per heavy atom. The molecule has 2 rings (SSSR count). The largest absolute Gasteiger partial charge is 0.453 e. The second-order valence-corrected chi connectivity index (χ2v) is 3.86. The molecular weight excluding hydrogens is 247 g/mol. The number of fused-ring (bicyclic) bond motifs is 1. The van der Waals surface area contributed by atoms with Gasteiger partial charge in [0.2, 0.25) is 0 Å². The van der Waals surface area contributed by atoms with E-state index in [0.29, 0.717) is 10.1 Å². The summed E-state index contributed by atoms with van der Waals surface area (Å²) in [6.45, 7) is 0. The van der Waals surface area contributed by atoms with Gasteiger partial charge in [-0.1, -0.05) is 0 Å². The molecule has 2 aromatic rings. The van der Waals surface area contributed by atoms with Crippen LogP contribution in [0, 0.1) is 0 Å². The lowest BCUT2D eigenvalue weighted by atomic mass is 10.3. The van der Waals surface area contributed by atoms with Crippen molar-refractivity contribution in [2.75, 3.05) is 14.1 Å². The number of halogens is 3. The second kappa shape index (κ2) is 4.28. The van der Waals surface area contributed by atoms with E-state index in [4.69, 9.17) is 0 Å². The summed E-state index contributed by atoms with van der Waals surface area (Å²) in [5, 5.41) is 10.2. The van der Waals surface area contributed by atoms with Crippen LogP contribution >= 0.6 is 0 Å². The molecule has 0 atom stereocenters. The molecule has 0 aliphatic heterocycles. The van der Waals surface area contributed by atoms with Crippen LogP contribution in [0.3, 0.4) is 0 Å². The zero-order valence-corrected chi connectivity index (χ0v) is 9.68. The molecule has 0 N–H and O–H groups in total. The maximum Gasteiger partial charge on any atom is 0.453 e. The number of aromatic nitrogens is 4. The van der Waals surface area contributed by atoms with E-state index in [2.05, 4.69) is 15.3 Å². The average Bonchev–Trinajstić information content (AvgIpc) is 2.68. The highest BCUT2D eigenvalue weighted by molar-refractivity contribution is 5.53. The van der Waals surface area contributed by atoms with Gasteiger partial charge in [-0.25, -0.2) is 0 Å². The van der Waals surface area contributed by atoms with Crippen LogP contribution in [0.5, 0.6) is 0 Å². The van der Waals surface area contributed by atoms with Crippen molar-refractivity contribution in [1.29, 1.82) is 0 Å². The normalized spacial score (nSPS) is 12.5. The fraction of sp³-hybridized carbons (Fsp3) is 0.300. The molecule has 0 unspecified atom stereocenters. The van der Waals surface area contributed by atoms with Crippen LogP contribution in [0.1, 0.15) is 11.4 Å². The molecule has 0 fully saturated rings. The van der Waals surface area contributed by atoms with E-state index < -0.39 is 12.0 Å². The molecule has 2 heterocycles. The van der Waals surface area contributed by atoms with Gasteiger partial charge in [-0.2, -0.15) is 22.8 Å². The van der Waals surface area contributed by atoms with Crippen molar-refractivity contribution in [3.63, 3.8) is 0 Å². The van der Waals surface area contributed by atoms with E-state index in [0.717, 1.165) is 0 Å². The summed E-state index contributed by atoms with van der Waals surface area (Å²) in [5.41, 5.74) is 0.709. The summed E-state index contributed by atoms with van der Waals surface area (Å²) in [5.74, 6) is -1.12. The van der Waals surface area contributed by atoms with Crippen molar-refractivity contribution in [1.82, 2.24) is 24.7 Å². The van der Waals surface area contributed by atoms with E-state index in [-0.39, 0.29) is 5.65 Å². The molecule has 0 aromatic carbocycles. The highest BCUT2D eigenvalue weighted by atomic mass is 19.4. The maximum absolute atomic E-state index is 12.5. The van der Waals surface area contributed by atoms with E-state index in [1.54, 1.807) is 17.2 Å². The summed E-state index contributed by atoms with van der Waals surface area (Å²) in [4.78, 5) is 1.80. The van der Waals surface area contributed by atoms with Gasteiger partial charge in [-0.15, -0.1) is 10.2 Å². The van der Waals surface area contributed by atoms with Crippen LogP contribution in [0.25, 0.3) is 11.7 Å². The second-order valence-electron chi connectivity index (χ2n) is 3.86. The summed E-state index contributed by atoms with van der Waals surface area (Å²) in [7, 11) is 3.67. The first-order valence-electron chi connectivity index (χ1n) is 5.01. The number of rotatable bonds is 2. The Morgan fingerprint density at radius 2 is 2.00 bits per heavy atom. The molecule has 8 heteroatoms. The number of nitrogens with zero attached hydrogens (tertiary/aromatic N) is 5. The first-order valence-corrected chi connectivity index (χ1v) is 5.01. The zero-order chi connectivity index (χ0) is 13.3. The van der Waals surface area contributed by atoms with Crippen molar-refractivity contribution in [2.24, 2.45) is 0 Å². The summed E-state index contributed by atoms with van der Waals surface area (Å²) in [6.07, 6.45) is 0.239. The van der Waals surface area contributed by atoms with Crippen molar-refractivity contribution in [3.05, 3.63) is 29.9 Å². The SMILES string of the molecule is CN(C)/C=C/c1cnn2c(C(F)(F)F)nnc2c1. The molecular formula is C10H10F3N5. The van der Waals surface area contributed by atoms with E-state index in [9.17, 15) is 13.2 Å². The Morgan fingerprint density at radius 1 is 1.28 bits per heavy atom. The van der Waals surface area contributed by atoms with Gasteiger partial charge in [0.15, 0.2) is 5.65 Å². The minimum Gasteiger partial charge on any atom is -0.383 e. The third kappa shape index (κ3) is 2.41. The fourth-order valence-corrected chi connectivity index (χ4v) is 1.31. The number of alkyl halides is 3. The molecule has 0 spiro atoms. The van der Waals surface area contributed by atoms with Crippen molar-refractivity contribution in [2.45, 2.75) is 6.18 Å². The predicted molar refractivity (Wildman–Crippen MR) is 58.5 cm³/mol. The average molecular weight is 257 g/mol. The molecule has 0 aliphatic rings. The van der Waals surface area contributed by atoms with Gasteiger partial charge in [0, 0.05) is 14.1 Å². The highest BCUT2D eigenvalue weighted by Crippen LogP contribution is 2.27. The summed E-state index contributed by atoms with van der Waals surface area (Å²) >= 11 is 0. The zero-order valence-electron chi connectivity index (χ0n) is 9.68. The van der Waals surface area contributed by atoms with Gasteiger partial charge in [0.1, 0.15) is 0 Å². The van der Waals surface area contributed by atoms with Gasteiger partial charge in [0.05, 0.1) is 6.20 Å². The third-order valence-corrected chi connectivity index (χ3v) is 2.10. The van der Waals surface area contributed by atoms with Gasteiger partial charge >= 0.3 is 6.18 Å². The Labute approximate surface area is 101 Å². The topological polar surface area (TPSA) is 46.3 Å². The van der Waals surface area contributed by atoms with Crippen LogP contribution in [0.4, 0.5) is 13.2 Å². The summed E-state index contributed by atoms with van der Waals surface area (Å²) < 4.78 is 38.2. The third-order valence-electron chi connectivity index (χ3n) is 2.10. The lowest BCUT2D eigenvalue weighted by Gasteiger charge is -2.04. The molecule has 0 aliphatic carbocycles. The van der Waals surface area contributed by atoms with Gasteiger partial charge in [0.25, 0.3) is 5.82 Å². The lowest BCUT2D eigenvalue weighted by molar-refractivity contribution is -0.146. The van der Waals surface area contributed by atoms with Crippen LogP contribution < -0.4 is 0 Å². The maximum atomic E-state index is 12.5. The highest BCUT2D eigenvalue weighted by Gasteiger charge is 2.37. The molecule has 96 valence electrons. The van der Waals surface area contributed by atoms with Crippen molar-refractivity contribution < 1.29 is 13.2 Å². The standard InChI is InChI=1S/C10H10F3N5/c1-17(2)4-3-7-5-8-15-16-9(10(11,12)13)18(8)14-6-7/h3-6H,1-2H3/b4-3+. The number of hydrogen-bond acceptors (Lipinski definition) is 4. The molecule has 5 nitrogen and oxygen atoms in total. The van der Waals surface area contributed by atoms with Crippen molar-refractivity contribution >= 4 is 11.7 Å². The van der Waals surface area contributed by atoms with E-state index in [1.165, 1.54) is 12.3 Å². The predicted octanol–water partition coefficient (Wildman–Crippen LogP) is 1.68. The van der Waals surface area contributed by atoms with E-state index in [1.807, 2.05) is 14.1 Å². The Balaban J connectivity index is 2.43. The molecule has 0 bridgehead atoms. The minimum atomic E-state index is -4.56. The minimum absolute atomic E-state index is 0.0585. The van der Waals surface area contributed by atoms with Crippen LogP contribution in [0.2, 0.25) is 0 Å². The first kappa shape index (κ1) is 12.3. The first-order chi connectivity index (χ1) is 8.38. The Bertz CT molecular complexity index is 585. The number of hydrogen-bond donors (Lipinski definition) is 0. The van der Waals surface area contributed by atoms with Crippen LogP contribution in [-0.4, -0.2) is 38.8 Å². The molecule has 18 heavy (non-hydrogen) atoms. The molecule has 0 amide bonds. The molecule has 0 radical (unpaired) electrons. The fourth-order valence-electron chi connectivity index (χ4n) is 1.31. The molecule has 0 saturated heterocycles. The van der Waals surface area contributed by atoms with Gasteiger partial charge in [-0.05, 0) is 23.9 Å². The van der Waals surface area contributed by atoms with Gasteiger partial charge < -0.3 is 4.90 Å². The quantitative estimate of drug-likeness (QED) is 0.821. The lowest BCUT2D eigenvalue weighted by Crippen LogP contribution is -2.12. The monoisotopic (exact) mass is 257 g/mol. The summed E-state index contributed by atoms with van der Waals surface area (Å²) in [6, 6.07) is 1.48. The molecule has 2 aromatic heterocycles. The van der Waals surface area contributed by atoms with E-state index >= 15 is 0 Å². The Hall–Kier alpha value is -2.12. The van der Waals surface area contributed by atoms with Crippen LogP contribution in [0.15, 0.2) is 18.5 Å². The molecule has 0 saturated carbocycles. The smallest absolute Gasteiger partial charge is 0.383 e.